The molecule has 0 aromatic heterocycles. The average molecular weight is 275 g/mol. The number of carbonyl (C=O) groups is 2. The van der Waals surface area contributed by atoms with Gasteiger partial charge in [0.15, 0.2) is 0 Å². The minimum atomic E-state index is -0.878. The molecule has 1 saturated heterocycles. The van der Waals surface area contributed by atoms with E-state index in [1.54, 1.807) is 0 Å². The van der Waals surface area contributed by atoms with Gasteiger partial charge < -0.3 is 14.8 Å². The summed E-state index contributed by atoms with van der Waals surface area (Å²) in [4.78, 5) is 23.3. The van der Waals surface area contributed by atoms with Crippen LogP contribution in [0.4, 0.5) is 0 Å². The topological polar surface area (TPSA) is 64.6 Å². The van der Waals surface area contributed by atoms with Crippen molar-refractivity contribution < 1.29 is 19.1 Å². The smallest absolute Gasteiger partial charge is 0.222 e. The molecule has 5 nitrogen and oxygen atoms in total. The summed E-state index contributed by atoms with van der Waals surface area (Å²) in [7, 11) is 0. The van der Waals surface area contributed by atoms with Crippen LogP contribution in [0.25, 0.3) is 5.70 Å². The van der Waals surface area contributed by atoms with Gasteiger partial charge >= 0.3 is 0 Å². The van der Waals surface area contributed by atoms with Crippen LogP contribution in [0.15, 0.2) is 36.4 Å². The number of carbonyl (C=O) groups excluding carboxylic acids is 2. The van der Waals surface area contributed by atoms with Gasteiger partial charge in [-0.3, -0.25) is 9.59 Å². The molecule has 1 aliphatic heterocycles. The van der Waals surface area contributed by atoms with E-state index in [4.69, 9.17) is 9.47 Å². The predicted molar refractivity (Wildman–Crippen MR) is 73.6 cm³/mol. The van der Waals surface area contributed by atoms with Gasteiger partial charge in [-0.2, -0.15) is 0 Å². The van der Waals surface area contributed by atoms with Crippen molar-refractivity contribution in [3.8, 4) is 0 Å². The van der Waals surface area contributed by atoms with Crippen molar-refractivity contribution >= 4 is 17.4 Å². The number of hydrogen-bond acceptors (Lipinski definition) is 4. The van der Waals surface area contributed by atoms with E-state index in [1.807, 2.05) is 30.3 Å². The number of amides is 1. The Hall–Kier alpha value is -1.98. The van der Waals surface area contributed by atoms with E-state index < -0.39 is 6.29 Å². The first-order chi connectivity index (χ1) is 9.66. The molecule has 5 heteroatoms. The summed E-state index contributed by atoms with van der Waals surface area (Å²) in [5.41, 5.74) is 1.20. The standard InChI is InChI=1S/C15H17NO4/c1-11(17)16-13(12-6-3-2-4-7-12)10-14(18)15-19-8-5-9-20-15/h2-4,6-7,10,15H,5,8-9H2,1H3,(H,16,17)/b13-10-. The lowest BCUT2D eigenvalue weighted by Crippen LogP contribution is -2.32. The molecule has 1 heterocycles. The molecule has 0 spiro atoms. The third kappa shape index (κ3) is 4.01. The second kappa shape index (κ2) is 6.98. The first kappa shape index (κ1) is 14.4. The Kier molecular flexibility index (Phi) is 5.03. The lowest BCUT2D eigenvalue weighted by molar-refractivity contribution is -0.184. The molecule has 0 saturated carbocycles. The Morgan fingerprint density at radius 2 is 1.85 bits per heavy atom. The fourth-order valence-corrected chi connectivity index (χ4v) is 1.86. The molecule has 1 fully saturated rings. The van der Waals surface area contributed by atoms with Gasteiger partial charge in [-0.1, -0.05) is 30.3 Å². The third-order valence-electron chi connectivity index (χ3n) is 2.74. The monoisotopic (exact) mass is 275 g/mol. The fraction of sp³-hybridized carbons (Fsp3) is 0.333. The van der Waals surface area contributed by atoms with E-state index in [-0.39, 0.29) is 11.7 Å². The molecule has 0 unspecified atom stereocenters. The average Bonchev–Trinajstić information content (AvgIpc) is 2.48. The lowest BCUT2D eigenvalue weighted by Gasteiger charge is -2.21. The van der Waals surface area contributed by atoms with Gasteiger partial charge in [0.2, 0.25) is 18.0 Å². The highest BCUT2D eigenvalue weighted by Crippen LogP contribution is 2.13. The predicted octanol–water partition coefficient (Wildman–Crippen LogP) is 1.50. The molecule has 1 aromatic rings. The highest BCUT2D eigenvalue weighted by atomic mass is 16.7. The molecular weight excluding hydrogens is 258 g/mol. The van der Waals surface area contributed by atoms with Gasteiger partial charge in [0.25, 0.3) is 0 Å². The van der Waals surface area contributed by atoms with Crippen LogP contribution in [0.1, 0.15) is 18.9 Å². The largest absolute Gasteiger partial charge is 0.346 e. The maximum atomic E-state index is 12.1. The van der Waals surface area contributed by atoms with Gasteiger partial charge in [0, 0.05) is 13.0 Å². The molecule has 1 N–H and O–H groups in total. The van der Waals surface area contributed by atoms with Gasteiger partial charge in [-0.25, -0.2) is 0 Å². The Balaban J connectivity index is 2.19. The van der Waals surface area contributed by atoms with E-state index in [0.717, 1.165) is 12.0 Å². The Labute approximate surface area is 117 Å². The van der Waals surface area contributed by atoms with Crippen LogP contribution in [0.5, 0.6) is 0 Å². The summed E-state index contributed by atoms with van der Waals surface area (Å²) in [6.45, 7) is 2.41. The molecule has 106 valence electrons. The van der Waals surface area contributed by atoms with Crippen molar-refractivity contribution in [1.82, 2.24) is 5.32 Å². The highest BCUT2D eigenvalue weighted by molar-refractivity contribution is 6.01. The van der Waals surface area contributed by atoms with Gasteiger partial charge in [0.1, 0.15) is 0 Å². The number of ketones is 1. The summed E-state index contributed by atoms with van der Waals surface area (Å²) >= 11 is 0. The van der Waals surface area contributed by atoms with Gasteiger partial charge in [-0.05, 0) is 12.0 Å². The number of benzene rings is 1. The first-order valence-corrected chi connectivity index (χ1v) is 6.48. The van der Waals surface area contributed by atoms with Crippen molar-refractivity contribution in [3.05, 3.63) is 42.0 Å². The molecule has 1 aromatic carbocycles. The van der Waals surface area contributed by atoms with Crippen LogP contribution < -0.4 is 5.32 Å². The minimum Gasteiger partial charge on any atom is -0.346 e. The van der Waals surface area contributed by atoms with E-state index >= 15 is 0 Å². The molecule has 0 aliphatic carbocycles. The highest BCUT2D eigenvalue weighted by Gasteiger charge is 2.22. The summed E-state index contributed by atoms with van der Waals surface area (Å²) in [6.07, 6.45) is 1.26. The van der Waals surface area contributed by atoms with Gasteiger partial charge in [-0.15, -0.1) is 0 Å². The quantitative estimate of drug-likeness (QED) is 0.846. The van der Waals surface area contributed by atoms with Gasteiger partial charge in [0.05, 0.1) is 18.9 Å². The van der Waals surface area contributed by atoms with Crippen molar-refractivity contribution in [2.75, 3.05) is 13.2 Å². The molecule has 0 atom stereocenters. The summed E-state index contributed by atoms with van der Waals surface area (Å²) < 4.78 is 10.5. The van der Waals surface area contributed by atoms with Crippen LogP contribution in [0, 0.1) is 0 Å². The zero-order chi connectivity index (χ0) is 14.4. The molecule has 20 heavy (non-hydrogen) atoms. The summed E-state index contributed by atoms with van der Waals surface area (Å²) in [6, 6.07) is 9.17. The molecule has 1 aliphatic rings. The second-order valence-corrected chi connectivity index (χ2v) is 4.43. The Bertz CT molecular complexity index is 504. The molecule has 2 rings (SSSR count). The number of hydrogen-bond donors (Lipinski definition) is 1. The zero-order valence-corrected chi connectivity index (χ0v) is 11.3. The van der Waals surface area contributed by atoms with Crippen LogP contribution in [-0.2, 0) is 19.1 Å². The number of rotatable bonds is 4. The Morgan fingerprint density at radius 3 is 2.45 bits per heavy atom. The van der Waals surface area contributed by atoms with Crippen LogP contribution in [0.3, 0.4) is 0 Å². The van der Waals surface area contributed by atoms with Crippen molar-refractivity contribution in [1.29, 1.82) is 0 Å². The maximum absolute atomic E-state index is 12.1. The van der Waals surface area contributed by atoms with Crippen LogP contribution >= 0.6 is 0 Å². The van der Waals surface area contributed by atoms with Crippen LogP contribution in [0.2, 0.25) is 0 Å². The summed E-state index contributed by atoms with van der Waals surface area (Å²) in [5, 5.41) is 2.66. The second-order valence-electron chi connectivity index (χ2n) is 4.43. The summed E-state index contributed by atoms with van der Waals surface area (Å²) in [5.74, 6) is -0.546. The van der Waals surface area contributed by atoms with E-state index in [2.05, 4.69) is 5.32 Å². The lowest BCUT2D eigenvalue weighted by atomic mass is 10.1. The Morgan fingerprint density at radius 1 is 1.20 bits per heavy atom. The molecule has 0 radical (unpaired) electrons. The maximum Gasteiger partial charge on any atom is 0.222 e. The normalized spacial score (nSPS) is 16.8. The SMILES string of the molecule is CC(=O)N/C(=C\C(=O)C1OCCCO1)c1ccccc1. The molecule has 1 amide bonds. The van der Waals surface area contributed by atoms with Crippen molar-refractivity contribution in [2.45, 2.75) is 19.6 Å². The van der Waals surface area contributed by atoms with E-state index in [9.17, 15) is 9.59 Å². The minimum absolute atomic E-state index is 0.238. The number of ether oxygens (including phenoxy) is 2. The molecular formula is C15H17NO4. The zero-order valence-electron chi connectivity index (χ0n) is 11.3. The molecule has 0 bridgehead atoms. The van der Waals surface area contributed by atoms with Crippen LogP contribution in [-0.4, -0.2) is 31.2 Å². The first-order valence-electron chi connectivity index (χ1n) is 6.48. The third-order valence-corrected chi connectivity index (χ3v) is 2.74. The van der Waals surface area contributed by atoms with Crippen molar-refractivity contribution in [3.63, 3.8) is 0 Å². The fourth-order valence-electron chi connectivity index (χ4n) is 1.86. The van der Waals surface area contributed by atoms with E-state index in [0.29, 0.717) is 18.9 Å². The van der Waals surface area contributed by atoms with E-state index in [1.165, 1.54) is 13.0 Å². The van der Waals surface area contributed by atoms with Crippen molar-refractivity contribution in [2.24, 2.45) is 0 Å². The number of nitrogens with one attached hydrogen (secondary N) is 1.